The smallest absolute Gasteiger partial charge is 0.250 e. The Hall–Kier alpha value is -2.83. The molecule has 0 aliphatic carbocycles. The van der Waals surface area contributed by atoms with Crippen LogP contribution in [0.1, 0.15) is 48.2 Å². The first-order valence-electron chi connectivity index (χ1n) is 11.5. The number of nitrogens with zero attached hydrogens (tertiary/aromatic N) is 1. The van der Waals surface area contributed by atoms with E-state index < -0.39 is 5.91 Å². The van der Waals surface area contributed by atoms with Crippen molar-refractivity contribution in [1.82, 2.24) is 9.88 Å². The first-order chi connectivity index (χ1) is 15.5. The molecule has 0 bridgehead atoms. The highest BCUT2D eigenvalue weighted by molar-refractivity contribution is 6.05. The highest BCUT2D eigenvalue weighted by Gasteiger charge is 2.14. The van der Waals surface area contributed by atoms with E-state index in [-0.39, 0.29) is 12.6 Å². The molecule has 0 saturated heterocycles. The van der Waals surface area contributed by atoms with Crippen LogP contribution in [0.3, 0.4) is 0 Å². The summed E-state index contributed by atoms with van der Waals surface area (Å²) in [7, 11) is 0. The van der Waals surface area contributed by atoms with Gasteiger partial charge in [-0.25, -0.2) is 0 Å². The van der Waals surface area contributed by atoms with Crippen LogP contribution in [0.2, 0.25) is 0 Å². The Balaban J connectivity index is 1.59. The molecular weight excluding hydrogens is 402 g/mol. The van der Waals surface area contributed by atoms with E-state index in [1.165, 1.54) is 5.56 Å². The van der Waals surface area contributed by atoms with E-state index in [1.807, 2.05) is 35.0 Å². The second-order valence-corrected chi connectivity index (χ2v) is 8.30. The number of hydrogen-bond acceptors (Lipinski definition) is 4. The molecule has 1 amide bonds. The van der Waals surface area contributed by atoms with Crippen molar-refractivity contribution in [1.29, 1.82) is 0 Å². The molecule has 1 aromatic heterocycles. The number of para-hydroxylation sites is 1. The van der Waals surface area contributed by atoms with Crippen molar-refractivity contribution in [3.63, 3.8) is 0 Å². The minimum Gasteiger partial charge on any atom is -0.492 e. The molecule has 6 heteroatoms. The standard InChI is InChI=1S/C26H35N3O3/c1-3-7-21-8-4-5-9-24(21)32-15-11-28-19(2)16-20-17-22-10-13-29(12-6-14-30)25(22)23(18-20)26(27)31/h4-5,8-10,13,17-19,28,30H,3,6-7,11-12,14-16H2,1-2H3,(H2,27,31)/t19-/m1/s1. The topological polar surface area (TPSA) is 89.5 Å². The monoisotopic (exact) mass is 437 g/mol. The number of nitrogens with one attached hydrogen (secondary N) is 1. The zero-order chi connectivity index (χ0) is 22.9. The summed E-state index contributed by atoms with van der Waals surface area (Å²) in [6.07, 6.45) is 5.48. The van der Waals surface area contributed by atoms with Crippen LogP contribution in [0.5, 0.6) is 5.75 Å². The Morgan fingerprint density at radius 3 is 2.81 bits per heavy atom. The van der Waals surface area contributed by atoms with Crippen LogP contribution in [0.25, 0.3) is 10.9 Å². The Morgan fingerprint density at radius 1 is 1.25 bits per heavy atom. The summed E-state index contributed by atoms with van der Waals surface area (Å²) in [4.78, 5) is 12.1. The van der Waals surface area contributed by atoms with Gasteiger partial charge in [0, 0.05) is 37.3 Å². The van der Waals surface area contributed by atoms with Gasteiger partial charge in [-0.15, -0.1) is 0 Å². The number of carbonyl (C=O) groups is 1. The number of aromatic nitrogens is 1. The van der Waals surface area contributed by atoms with Crippen LogP contribution in [0.4, 0.5) is 0 Å². The van der Waals surface area contributed by atoms with E-state index >= 15 is 0 Å². The van der Waals surface area contributed by atoms with Crippen LogP contribution >= 0.6 is 0 Å². The quantitative estimate of drug-likeness (QED) is 0.356. The highest BCUT2D eigenvalue weighted by atomic mass is 16.5. The molecule has 2 aromatic carbocycles. The van der Waals surface area contributed by atoms with Gasteiger partial charge in [-0.2, -0.15) is 0 Å². The van der Waals surface area contributed by atoms with Crippen molar-refractivity contribution in [2.45, 2.75) is 52.1 Å². The first kappa shape index (κ1) is 23.8. The predicted molar refractivity (Wildman–Crippen MR) is 129 cm³/mol. The number of aryl methyl sites for hydroxylation is 2. The van der Waals surface area contributed by atoms with E-state index in [1.54, 1.807) is 0 Å². The van der Waals surface area contributed by atoms with Gasteiger partial charge in [-0.05, 0) is 61.6 Å². The molecule has 3 rings (SSSR count). The lowest BCUT2D eigenvalue weighted by atomic mass is 10.0. The SMILES string of the molecule is CCCc1ccccc1OCCN[C@H](C)Cc1cc(C(N)=O)c2c(ccn2CCCO)c1. The van der Waals surface area contributed by atoms with Crippen LogP contribution in [0, 0.1) is 0 Å². The minimum absolute atomic E-state index is 0.112. The van der Waals surface area contributed by atoms with Crippen molar-refractivity contribution in [2.24, 2.45) is 5.73 Å². The van der Waals surface area contributed by atoms with Crippen molar-refractivity contribution < 1.29 is 14.6 Å². The van der Waals surface area contributed by atoms with Crippen molar-refractivity contribution >= 4 is 16.8 Å². The minimum atomic E-state index is -0.430. The predicted octanol–water partition coefficient (Wildman–Crippen LogP) is 3.67. The summed E-state index contributed by atoms with van der Waals surface area (Å²) in [5, 5.41) is 13.6. The van der Waals surface area contributed by atoms with Crippen molar-refractivity contribution in [3.05, 3.63) is 65.4 Å². The maximum atomic E-state index is 12.1. The Labute approximate surface area is 190 Å². The van der Waals surface area contributed by atoms with E-state index in [4.69, 9.17) is 15.6 Å². The average Bonchev–Trinajstić information content (AvgIpc) is 3.18. The fraction of sp³-hybridized carbons (Fsp3) is 0.423. The zero-order valence-corrected chi connectivity index (χ0v) is 19.1. The van der Waals surface area contributed by atoms with Crippen LogP contribution < -0.4 is 15.8 Å². The van der Waals surface area contributed by atoms with E-state index in [2.05, 4.69) is 37.4 Å². The molecule has 0 saturated carbocycles. The molecule has 4 N–H and O–H groups in total. The lowest BCUT2D eigenvalue weighted by Gasteiger charge is -2.16. The van der Waals surface area contributed by atoms with Gasteiger partial charge in [0.25, 0.3) is 5.91 Å². The second kappa shape index (κ2) is 11.7. The number of aliphatic hydroxyl groups excluding tert-OH is 1. The molecule has 1 heterocycles. The van der Waals surface area contributed by atoms with Gasteiger partial charge in [-0.1, -0.05) is 31.5 Å². The Morgan fingerprint density at radius 2 is 2.06 bits per heavy atom. The first-order valence-corrected chi connectivity index (χ1v) is 11.5. The molecule has 0 radical (unpaired) electrons. The average molecular weight is 438 g/mol. The van der Waals surface area contributed by atoms with E-state index in [9.17, 15) is 4.79 Å². The van der Waals surface area contributed by atoms with Gasteiger partial charge in [0.15, 0.2) is 0 Å². The highest BCUT2D eigenvalue weighted by Crippen LogP contribution is 2.24. The molecule has 3 aromatic rings. The molecule has 32 heavy (non-hydrogen) atoms. The maximum Gasteiger partial charge on any atom is 0.250 e. The Kier molecular flexibility index (Phi) is 8.71. The number of fused-ring (bicyclic) bond motifs is 1. The van der Waals surface area contributed by atoms with Gasteiger partial charge < -0.3 is 25.5 Å². The zero-order valence-electron chi connectivity index (χ0n) is 19.1. The molecule has 0 unspecified atom stereocenters. The van der Waals surface area contributed by atoms with Gasteiger partial charge in [0.1, 0.15) is 12.4 Å². The molecular formula is C26H35N3O3. The molecule has 1 atom stereocenters. The third kappa shape index (κ3) is 6.11. The fourth-order valence-electron chi connectivity index (χ4n) is 4.16. The number of primary amides is 1. The van der Waals surface area contributed by atoms with Gasteiger partial charge >= 0.3 is 0 Å². The number of rotatable bonds is 13. The number of carbonyl (C=O) groups excluding carboxylic acids is 1. The van der Waals surface area contributed by atoms with Gasteiger partial charge in [0.2, 0.25) is 0 Å². The summed E-state index contributed by atoms with van der Waals surface area (Å²) < 4.78 is 7.98. The number of nitrogens with two attached hydrogens (primary N) is 1. The normalized spacial score (nSPS) is 12.2. The molecule has 0 spiro atoms. The molecule has 0 fully saturated rings. The van der Waals surface area contributed by atoms with E-state index in [0.29, 0.717) is 25.1 Å². The summed E-state index contributed by atoms with van der Waals surface area (Å²) in [6, 6.07) is 14.5. The number of ether oxygens (including phenoxy) is 1. The lowest BCUT2D eigenvalue weighted by molar-refractivity contribution is 0.100. The number of hydrogen-bond donors (Lipinski definition) is 3. The van der Waals surface area contributed by atoms with Crippen LogP contribution in [-0.4, -0.2) is 41.4 Å². The lowest BCUT2D eigenvalue weighted by Crippen LogP contribution is -2.32. The number of amides is 1. The summed E-state index contributed by atoms with van der Waals surface area (Å²) in [5.41, 5.74) is 9.38. The third-order valence-corrected chi connectivity index (χ3v) is 5.63. The van der Waals surface area contributed by atoms with Gasteiger partial charge in [-0.3, -0.25) is 4.79 Å². The van der Waals surface area contributed by atoms with Crippen molar-refractivity contribution in [3.8, 4) is 5.75 Å². The maximum absolute atomic E-state index is 12.1. The number of aliphatic hydroxyl groups is 1. The van der Waals surface area contributed by atoms with E-state index in [0.717, 1.165) is 48.0 Å². The molecule has 6 nitrogen and oxygen atoms in total. The van der Waals surface area contributed by atoms with Crippen LogP contribution in [-0.2, 0) is 19.4 Å². The Bertz CT molecular complexity index is 1030. The van der Waals surface area contributed by atoms with Gasteiger partial charge in [0.05, 0.1) is 11.1 Å². The fourth-order valence-corrected chi connectivity index (χ4v) is 4.16. The van der Waals surface area contributed by atoms with Crippen LogP contribution in [0.15, 0.2) is 48.7 Å². The third-order valence-electron chi connectivity index (χ3n) is 5.63. The molecule has 172 valence electrons. The summed E-state index contributed by atoms with van der Waals surface area (Å²) >= 11 is 0. The molecule has 0 aliphatic rings. The van der Waals surface area contributed by atoms with Crippen molar-refractivity contribution in [2.75, 3.05) is 19.8 Å². The summed E-state index contributed by atoms with van der Waals surface area (Å²) in [5.74, 6) is 0.534. The molecule has 0 aliphatic heterocycles. The second-order valence-electron chi connectivity index (χ2n) is 8.30. The summed E-state index contributed by atoms with van der Waals surface area (Å²) in [6.45, 7) is 6.41. The largest absolute Gasteiger partial charge is 0.492 e. The number of benzene rings is 2.